The molecule has 1 rings (SSSR count). The molecule has 0 spiro atoms. The molecule has 24 heavy (non-hydrogen) atoms. The Morgan fingerprint density at radius 3 is 2.21 bits per heavy atom. The summed E-state index contributed by atoms with van der Waals surface area (Å²) in [6.45, 7) is 3.17. The van der Waals surface area contributed by atoms with Crippen molar-refractivity contribution in [1.82, 2.24) is 5.32 Å². The Morgan fingerprint density at radius 2 is 1.75 bits per heavy atom. The van der Waals surface area contributed by atoms with Crippen molar-refractivity contribution in [1.29, 1.82) is 0 Å². The van der Waals surface area contributed by atoms with E-state index < -0.39 is 52.8 Å². The van der Waals surface area contributed by atoms with Crippen LogP contribution in [0.2, 0.25) is 0 Å². The fourth-order valence-electron chi connectivity index (χ4n) is 1.97. The summed E-state index contributed by atoms with van der Waals surface area (Å²) in [7, 11) is 0. The van der Waals surface area contributed by atoms with E-state index in [1.165, 1.54) is 6.92 Å². The van der Waals surface area contributed by atoms with E-state index in [0.717, 1.165) is 0 Å². The van der Waals surface area contributed by atoms with E-state index in [9.17, 15) is 27.6 Å². The average Bonchev–Trinajstić information content (AvgIpc) is 2.45. The van der Waals surface area contributed by atoms with Crippen LogP contribution in [0.4, 0.5) is 13.2 Å². The van der Waals surface area contributed by atoms with Gasteiger partial charge in [0.2, 0.25) is 5.91 Å². The maximum absolute atomic E-state index is 13.6. The van der Waals surface area contributed by atoms with Crippen LogP contribution >= 0.6 is 0 Å². The van der Waals surface area contributed by atoms with Gasteiger partial charge in [0, 0.05) is 12.1 Å². The van der Waals surface area contributed by atoms with Crippen LogP contribution in [0.5, 0.6) is 0 Å². The molecule has 0 heterocycles. The molecule has 0 saturated carbocycles. The third-order valence-electron chi connectivity index (χ3n) is 3.16. The second-order valence-corrected chi connectivity index (χ2v) is 5.06. The zero-order valence-corrected chi connectivity index (χ0v) is 13.1. The van der Waals surface area contributed by atoms with Crippen LogP contribution in [0.15, 0.2) is 12.1 Å². The van der Waals surface area contributed by atoms with Gasteiger partial charge in [-0.2, -0.15) is 0 Å². The van der Waals surface area contributed by atoms with E-state index in [1.807, 2.05) is 5.32 Å². The fourth-order valence-corrected chi connectivity index (χ4v) is 1.97. The van der Waals surface area contributed by atoms with Crippen LogP contribution in [-0.4, -0.2) is 30.4 Å². The summed E-state index contributed by atoms with van der Waals surface area (Å²) < 4.78 is 44.8. The molecule has 9 heteroatoms. The lowest BCUT2D eigenvalue weighted by molar-refractivity contribution is -0.147. The number of hydrogen-bond acceptors (Lipinski definition) is 4. The Labute approximate surface area is 136 Å². The van der Waals surface area contributed by atoms with E-state index in [1.54, 1.807) is 6.92 Å². The topological polar surface area (TPSA) is 98.5 Å². The molecule has 2 amide bonds. The Morgan fingerprint density at radius 1 is 1.21 bits per heavy atom. The van der Waals surface area contributed by atoms with Crippen molar-refractivity contribution in [3.8, 4) is 0 Å². The van der Waals surface area contributed by atoms with Crippen LogP contribution in [-0.2, 0) is 14.3 Å². The highest BCUT2D eigenvalue weighted by atomic mass is 19.1. The number of halogens is 3. The lowest BCUT2D eigenvalue weighted by Gasteiger charge is -2.19. The lowest BCUT2D eigenvalue weighted by atomic mass is 10.0. The second kappa shape index (κ2) is 8.32. The summed E-state index contributed by atoms with van der Waals surface area (Å²) in [5, 5.41) is 2.04. The number of nitrogens with one attached hydrogen (secondary N) is 1. The van der Waals surface area contributed by atoms with E-state index in [0.29, 0.717) is 12.1 Å². The maximum atomic E-state index is 13.6. The standard InChI is InChI=1S/C15H17F3N2O4/c1-3-24-15(23)7(2)4-11(13(19)21)20-14(22)12-9(17)5-8(16)6-10(12)18/h5-7,11H,3-4H2,1-2H3,(H2,19,21)(H,20,22)/t7-,11-/m1/s1. The minimum absolute atomic E-state index is 0.128. The van der Waals surface area contributed by atoms with Gasteiger partial charge in [0.05, 0.1) is 12.5 Å². The first-order chi connectivity index (χ1) is 11.2. The number of primary amides is 1. The number of rotatable bonds is 7. The van der Waals surface area contributed by atoms with Gasteiger partial charge in [-0.3, -0.25) is 14.4 Å². The molecular weight excluding hydrogens is 329 g/mol. The first-order valence-corrected chi connectivity index (χ1v) is 7.08. The van der Waals surface area contributed by atoms with Gasteiger partial charge in [0.25, 0.3) is 5.91 Å². The molecule has 0 aliphatic rings. The molecule has 0 fully saturated rings. The molecule has 6 nitrogen and oxygen atoms in total. The smallest absolute Gasteiger partial charge is 0.308 e. The lowest BCUT2D eigenvalue weighted by Crippen LogP contribution is -2.46. The maximum Gasteiger partial charge on any atom is 0.308 e. The van der Waals surface area contributed by atoms with Crippen LogP contribution in [0, 0.1) is 23.4 Å². The first-order valence-electron chi connectivity index (χ1n) is 7.08. The highest BCUT2D eigenvalue weighted by molar-refractivity contribution is 5.97. The molecule has 132 valence electrons. The highest BCUT2D eigenvalue weighted by Gasteiger charge is 2.28. The van der Waals surface area contributed by atoms with Crippen molar-refractivity contribution in [2.45, 2.75) is 26.3 Å². The molecule has 0 unspecified atom stereocenters. The first kappa shape index (κ1) is 19.5. The Balaban J connectivity index is 2.92. The molecule has 0 saturated heterocycles. The Kier molecular flexibility index (Phi) is 6.75. The van der Waals surface area contributed by atoms with Crippen molar-refractivity contribution in [2.75, 3.05) is 6.61 Å². The van der Waals surface area contributed by atoms with Crippen molar-refractivity contribution in [3.05, 3.63) is 35.1 Å². The number of nitrogens with two attached hydrogens (primary N) is 1. The largest absolute Gasteiger partial charge is 0.466 e. The number of carbonyl (C=O) groups excluding carboxylic acids is 3. The van der Waals surface area contributed by atoms with E-state index in [-0.39, 0.29) is 13.0 Å². The third-order valence-corrected chi connectivity index (χ3v) is 3.16. The van der Waals surface area contributed by atoms with Gasteiger partial charge in [-0.25, -0.2) is 13.2 Å². The van der Waals surface area contributed by atoms with E-state index in [2.05, 4.69) is 0 Å². The minimum atomic E-state index is -1.42. The monoisotopic (exact) mass is 346 g/mol. The number of carbonyl (C=O) groups is 3. The van der Waals surface area contributed by atoms with Crippen molar-refractivity contribution < 1.29 is 32.3 Å². The van der Waals surface area contributed by atoms with E-state index in [4.69, 9.17) is 10.5 Å². The minimum Gasteiger partial charge on any atom is -0.466 e. The molecule has 3 N–H and O–H groups in total. The van der Waals surface area contributed by atoms with E-state index >= 15 is 0 Å². The summed E-state index contributed by atoms with van der Waals surface area (Å²) in [6.07, 6.45) is -0.218. The summed E-state index contributed by atoms with van der Waals surface area (Å²) >= 11 is 0. The SMILES string of the molecule is CCOC(=O)[C@H](C)C[C@@H](NC(=O)c1c(F)cc(F)cc1F)C(N)=O. The van der Waals surface area contributed by atoms with Gasteiger partial charge in [0.15, 0.2) is 0 Å². The normalized spacial score (nSPS) is 13.0. The van der Waals surface area contributed by atoms with Crippen LogP contribution < -0.4 is 11.1 Å². The van der Waals surface area contributed by atoms with Crippen molar-refractivity contribution in [3.63, 3.8) is 0 Å². The Bertz CT molecular complexity index is 629. The summed E-state index contributed by atoms with van der Waals surface area (Å²) in [6, 6.07) is -0.697. The number of ether oxygens (including phenoxy) is 1. The van der Waals surface area contributed by atoms with Gasteiger partial charge >= 0.3 is 5.97 Å². The predicted octanol–water partition coefficient (Wildman–Crippen LogP) is 1.28. The summed E-state index contributed by atoms with van der Waals surface area (Å²) in [5.41, 5.74) is 4.08. The quantitative estimate of drug-likeness (QED) is 0.727. The summed E-state index contributed by atoms with van der Waals surface area (Å²) in [4.78, 5) is 34.9. The molecule has 2 atom stereocenters. The van der Waals surface area contributed by atoms with Gasteiger partial charge in [0.1, 0.15) is 29.1 Å². The molecule has 0 aliphatic carbocycles. The average molecular weight is 346 g/mol. The van der Waals surface area contributed by atoms with Crippen molar-refractivity contribution in [2.24, 2.45) is 11.7 Å². The molecule has 0 bridgehead atoms. The zero-order valence-electron chi connectivity index (χ0n) is 13.1. The zero-order chi connectivity index (χ0) is 18.4. The highest BCUT2D eigenvalue weighted by Crippen LogP contribution is 2.16. The van der Waals surface area contributed by atoms with Gasteiger partial charge in [-0.15, -0.1) is 0 Å². The molecule has 1 aromatic rings. The number of benzene rings is 1. The molecule has 0 aliphatic heterocycles. The third kappa shape index (κ3) is 4.97. The van der Waals surface area contributed by atoms with Crippen LogP contribution in [0.25, 0.3) is 0 Å². The second-order valence-electron chi connectivity index (χ2n) is 5.06. The molecular formula is C15H17F3N2O4. The van der Waals surface area contributed by atoms with Crippen molar-refractivity contribution >= 4 is 17.8 Å². The van der Waals surface area contributed by atoms with Gasteiger partial charge < -0.3 is 15.8 Å². The fraction of sp³-hybridized carbons (Fsp3) is 0.400. The molecule has 1 aromatic carbocycles. The number of hydrogen-bond donors (Lipinski definition) is 2. The van der Waals surface area contributed by atoms with Crippen LogP contribution in [0.1, 0.15) is 30.6 Å². The predicted molar refractivity (Wildman–Crippen MR) is 77.2 cm³/mol. The molecule has 0 aromatic heterocycles. The van der Waals surface area contributed by atoms with Crippen LogP contribution in [0.3, 0.4) is 0 Å². The number of amides is 2. The molecule has 0 radical (unpaired) electrons. The Hall–Kier alpha value is -2.58. The van der Waals surface area contributed by atoms with Gasteiger partial charge in [-0.05, 0) is 13.3 Å². The van der Waals surface area contributed by atoms with Gasteiger partial charge in [-0.1, -0.05) is 6.92 Å². The number of esters is 1. The summed E-state index contributed by atoms with van der Waals surface area (Å²) in [5.74, 6) is -7.72.